The molecule has 3 nitrogen and oxygen atoms in total. The van der Waals surface area contributed by atoms with Gasteiger partial charge in [-0.25, -0.2) is 0 Å². The Morgan fingerprint density at radius 3 is 2.87 bits per heavy atom. The van der Waals surface area contributed by atoms with E-state index in [1.165, 1.54) is 11.1 Å². The van der Waals surface area contributed by atoms with E-state index in [0.717, 1.165) is 11.5 Å². The Bertz CT molecular complexity index is 339. The van der Waals surface area contributed by atoms with E-state index < -0.39 is 0 Å². The van der Waals surface area contributed by atoms with Crippen molar-refractivity contribution in [3.8, 4) is 0 Å². The number of amidine groups is 1. The Morgan fingerprint density at radius 2 is 2.20 bits per heavy atom. The van der Waals surface area contributed by atoms with E-state index in [4.69, 9.17) is 10.9 Å². The highest BCUT2D eigenvalue weighted by Crippen LogP contribution is 2.16. The van der Waals surface area contributed by atoms with Gasteiger partial charge in [0.25, 0.3) is 0 Å². The monoisotopic (exact) mass is 224 g/mol. The van der Waals surface area contributed by atoms with E-state index in [1.807, 2.05) is 12.1 Å². The smallest absolute Gasteiger partial charge is 0.139 e. The third kappa shape index (κ3) is 4.25. The first-order valence-corrected chi connectivity index (χ1v) is 5.98. The fourth-order valence-electron chi connectivity index (χ4n) is 1.18. The molecule has 0 saturated heterocycles. The first kappa shape index (κ1) is 11.9. The second-order valence-corrected chi connectivity index (χ2v) is 4.43. The van der Waals surface area contributed by atoms with Crippen LogP contribution in [0.1, 0.15) is 17.5 Å². The van der Waals surface area contributed by atoms with Gasteiger partial charge in [-0.3, -0.25) is 0 Å². The fraction of sp³-hybridized carbons (Fsp3) is 0.364. The molecule has 0 aliphatic heterocycles. The van der Waals surface area contributed by atoms with Gasteiger partial charge >= 0.3 is 0 Å². The largest absolute Gasteiger partial charge is 0.409 e. The van der Waals surface area contributed by atoms with Crippen molar-refractivity contribution in [2.45, 2.75) is 19.1 Å². The van der Waals surface area contributed by atoms with Gasteiger partial charge in [0.2, 0.25) is 0 Å². The van der Waals surface area contributed by atoms with Crippen LogP contribution in [0.5, 0.6) is 0 Å². The molecule has 1 aromatic rings. The zero-order chi connectivity index (χ0) is 11.1. The topological polar surface area (TPSA) is 58.6 Å². The van der Waals surface area contributed by atoms with Gasteiger partial charge in [0, 0.05) is 17.9 Å². The summed E-state index contributed by atoms with van der Waals surface area (Å²) in [5.41, 5.74) is 8.03. The lowest BCUT2D eigenvalue weighted by atomic mass is 10.1. The molecule has 0 saturated carbocycles. The van der Waals surface area contributed by atoms with Gasteiger partial charge in [0.15, 0.2) is 0 Å². The average molecular weight is 224 g/mol. The van der Waals surface area contributed by atoms with Gasteiger partial charge in [0.05, 0.1) is 0 Å². The number of hydrogen-bond acceptors (Lipinski definition) is 3. The summed E-state index contributed by atoms with van der Waals surface area (Å²) in [6, 6.07) is 8.33. The van der Waals surface area contributed by atoms with E-state index >= 15 is 0 Å². The van der Waals surface area contributed by atoms with Crippen molar-refractivity contribution in [1.82, 2.24) is 0 Å². The Hall–Kier alpha value is -1.16. The lowest BCUT2D eigenvalue weighted by Crippen LogP contribution is -2.12. The third-order valence-electron chi connectivity index (χ3n) is 2.15. The molecular weight excluding hydrogens is 208 g/mol. The quantitative estimate of drug-likeness (QED) is 0.265. The highest BCUT2D eigenvalue weighted by atomic mass is 32.2. The number of nitrogens with zero attached hydrogens (tertiary/aromatic N) is 1. The van der Waals surface area contributed by atoms with Gasteiger partial charge in [0.1, 0.15) is 5.84 Å². The molecule has 1 aromatic carbocycles. The number of aryl methyl sites for hydroxylation is 1. The van der Waals surface area contributed by atoms with Crippen LogP contribution in [0.4, 0.5) is 0 Å². The standard InChI is InChI=1S/C11H16N2OS/c1-9-4-2-3-5-10(9)8-15-7-6-11(12)13-14/h2-5,14H,6-8H2,1H3,(H2,12,13). The molecule has 15 heavy (non-hydrogen) atoms. The fourth-order valence-corrected chi connectivity index (χ4v) is 2.22. The van der Waals surface area contributed by atoms with Gasteiger partial charge < -0.3 is 10.9 Å². The zero-order valence-corrected chi connectivity index (χ0v) is 9.63. The van der Waals surface area contributed by atoms with Crippen molar-refractivity contribution in [1.29, 1.82) is 0 Å². The summed E-state index contributed by atoms with van der Waals surface area (Å²) < 4.78 is 0. The molecule has 0 spiro atoms. The van der Waals surface area contributed by atoms with Crippen LogP contribution in [-0.4, -0.2) is 16.8 Å². The van der Waals surface area contributed by atoms with Gasteiger partial charge in [-0.2, -0.15) is 11.8 Å². The molecule has 3 N–H and O–H groups in total. The van der Waals surface area contributed by atoms with Crippen molar-refractivity contribution < 1.29 is 5.21 Å². The average Bonchev–Trinajstić information content (AvgIpc) is 2.26. The number of nitrogens with two attached hydrogens (primary N) is 1. The summed E-state index contributed by atoms with van der Waals surface area (Å²) in [5.74, 6) is 2.16. The van der Waals surface area contributed by atoms with Crippen molar-refractivity contribution >= 4 is 17.6 Å². The number of rotatable bonds is 5. The zero-order valence-electron chi connectivity index (χ0n) is 8.81. The van der Waals surface area contributed by atoms with E-state index in [-0.39, 0.29) is 0 Å². The molecule has 0 aliphatic rings. The number of thioether (sulfide) groups is 1. The summed E-state index contributed by atoms with van der Waals surface area (Å²) >= 11 is 1.79. The Labute approximate surface area is 94.4 Å². The van der Waals surface area contributed by atoms with E-state index in [1.54, 1.807) is 11.8 Å². The molecule has 0 unspecified atom stereocenters. The van der Waals surface area contributed by atoms with Crippen molar-refractivity contribution in [2.75, 3.05) is 5.75 Å². The van der Waals surface area contributed by atoms with Crippen LogP contribution in [0, 0.1) is 6.92 Å². The second kappa shape index (κ2) is 6.35. The first-order chi connectivity index (χ1) is 7.24. The molecule has 1 rings (SSSR count). The molecule has 0 radical (unpaired) electrons. The molecule has 0 bridgehead atoms. The van der Waals surface area contributed by atoms with Gasteiger partial charge in [-0.05, 0) is 18.1 Å². The molecule has 0 amide bonds. The van der Waals surface area contributed by atoms with Crippen LogP contribution in [0.15, 0.2) is 29.4 Å². The normalized spacial score (nSPS) is 11.7. The van der Waals surface area contributed by atoms with E-state index in [2.05, 4.69) is 24.2 Å². The molecule has 82 valence electrons. The highest BCUT2D eigenvalue weighted by Gasteiger charge is 1.98. The van der Waals surface area contributed by atoms with Crippen molar-refractivity contribution in [2.24, 2.45) is 10.9 Å². The summed E-state index contributed by atoms with van der Waals surface area (Å²) in [4.78, 5) is 0. The minimum absolute atomic E-state index is 0.298. The maximum Gasteiger partial charge on any atom is 0.139 e. The van der Waals surface area contributed by atoms with Crippen LogP contribution >= 0.6 is 11.8 Å². The third-order valence-corrected chi connectivity index (χ3v) is 3.16. The maximum atomic E-state index is 8.35. The second-order valence-electron chi connectivity index (χ2n) is 3.32. The predicted octanol–water partition coefficient (Wildman–Crippen LogP) is 2.36. The Morgan fingerprint density at radius 1 is 1.47 bits per heavy atom. The Balaban J connectivity index is 2.29. The number of benzene rings is 1. The van der Waals surface area contributed by atoms with Crippen molar-refractivity contribution in [3.05, 3.63) is 35.4 Å². The Kier molecular flexibility index (Phi) is 5.04. The molecule has 0 fully saturated rings. The minimum Gasteiger partial charge on any atom is -0.409 e. The number of oxime groups is 1. The van der Waals surface area contributed by atoms with Crippen LogP contribution in [0.25, 0.3) is 0 Å². The molecule has 0 aliphatic carbocycles. The molecule has 0 heterocycles. The van der Waals surface area contributed by atoms with Crippen LogP contribution < -0.4 is 5.73 Å². The molecule has 4 heteroatoms. The number of hydrogen-bond donors (Lipinski definition) is 2. The van der Waals surface area contributed by atoms with Crippen molar-refractivity contribution in [3.63, 3.8) is 0 Å². The van der Waals surface area contributed by atoms with E-state index in [9.17, 15) is 0 Å². The van der Waals surface area contributed by atoms with Crippen LogP contribution in [0.3, 0.4) is 0 Å². The van der Waals surface area contributed by atoms with Gasteiger partial charge in [-0.1, -0.05) is 29.4 Å². The summed E-state index contributed by atoms with van der Waals surface area (Å²) in [6.07, 6.45) is 0.632. The molecule has 0 aromatic heterocycles. The lowest BCUT2D eigenvalue weighted by Gasteiger charge is -2.04. The summed E-state index contributed by atoms with van der Waals surface area (Å²) in [5, 5.41) is 11.3. The molecule has 0 atom stereocenters. The lowest BCUT2D eigenvalue weighted by molar-refractivity contribution is 0.317. The van der Waals surface area contributed by atoms with Crippen LogP contribution in [0.2, 0.25) is 0 Å². The summed E-state index contributed by atoms with van der Waals surface area (Å²) in [7, 11) is 0. The highest BCUT2D eigenvalue weighted by molar-refractivity contribution is 7.98. The predicted molar refractivity (Wildman–Crippen MR) is 65.4 cm³/mol. The summed E-state index contributed by atoms with van der Waals surface area (Å²) in [6.45, 7) is 2.11. The first-order valence-electron chi connectivity index (χ1n) is 4.82. The van der Waals surface area contributed by atoms with Gasteiger partial charge in [-0.15, -0.1) is 0 Å². The van der Waals surface area contributed by atoms with E-state index in [0.29, 0.717) is 12.3 Å². The minimum atomic E-state index is 0.298. The van der Waals surface area contributed by atoms with Crippen LogP contribution in [-0.2, 0) is 5.75 Å². The SMILES string of the molecule is Cc1ccccc1CSCCC(N)=NO. The maximum absolute atomic E-state index is 8.35. The molecular formula is C11H16N2OS.